The van der Waals surface area contributed by atoms with Gasteiger partial charge >= 0.3 is 5.97 Å². The number of nitrogens with zero attached hydrogens (tertiary/aromatic N) is 1. The summed E-state index contributed by atoms with van der Waals surface area (Å²) in [5.74, 6) is -0.252. The zero-order valence-corrected chi connectivity index (χ0v) is 10.7. The number of carbonyl (C=O) groups excluding carboxylic acids is 1. The van der Waals surface area contributed by atoms with Crippen LogP contribution in [0.4, 0.5) is 0 Å². The SMILES string of the molecule is O=C(O)CCN(C(=O)CC1CCCNC1)C1CC1. The van der Waals surface area contributed by atoms with Gasteiger partial charge in [-0.1, -0.05) is 0 Å². The van der Waals surface area contributed by atoms with Crippen molar-refractivity contribution in [2.24, 2.45) is 5.92 Å². The van der Waals surface area contributed by atoms with Gasteiger partial charge in [0.2, 0.25) is 5.91 Å². The summed E-state index contributed by atoms with van der Waals surface area (Å²) < 4.78 is 0. The Hall–Kier alpha value is -1.10. The molecule has 1 heterocycles. The lowest BCUT2D eigenvalue weighted by Gasteiger charge is -2.27. The van der Waals surface area contributed by atoms with Gasteiger partial charge in [-0.05, 0) is 44.7 Å². The van der Waals surface area contributed by atoms with Crippen LogP contribution in [0.1, 0.15) is 38.5 Å². The highest BCUT2D eigenvalue weighted by molar-refractivity contribution is 5.78. The Morgan fingerprint density at radius 3 is 2.61 bits per heavy atom. The van der Waals surface area contributed by atoms with Gasteiger partial charge in [-0.3, -0.25) is 9.59 Å². The van der Waals surface area contributed by atoms with Crippen LogP contribution in [0, 0.1) is 5.92 Å². The van der Waals surface area contributed by atoms with Crippen molar-refractivity contribution in [3.8, 4) is 0 Å². The molecule has 1 aliphatic heterocycles. The average molecular weight is 254 g/mol. The summed E-state index contributed by atoms with van der Waals surface area (Å²) in [5.41, 5.74) is 0. The van der Waals surface area contributed by atoms with E-state index in [0.717, 1.165) is 38.8 Å². The lowest BCUT2D eigenvalue weighted by atomic mass is 9.95. The van der Waals surface area contributed by atoms with Crippen LogP contribution in [0.2, 0.25) is 0 Å². The van der Waals surface area contributed by atoms with Crippen molar-refractivity contribution >= 4 is 11.9 Å². The molecule has 1 atom stereocenters. The number of nitrogens with one attached hydrogen (secondary N) is 1. The molecule has 2 aliphatic rings. The lowest BCUT2D eigenvalue weighted by molar-refractivity contribution is -0.139. The molecule has 0 bridgehead atoms. The minimum absolute atomic E-state index is 0.0607. The summed E-state index contributed by atoms with van der Waals surface area (Å²) in [6, 6.07) is 0.313. The number of rotatable bonds is 6. The van der Waals surface area contributed by atoms with E-state index in [9.17, 15) is 9.59 Å². The first-order valence-corrected chi connectivity index (χ1v) is 6.89. The average Bonchev–Trinajstić information content (AvgIpc) is 3.14. The Balaban J connectivity index is 1.81. The molecule has 1 amide bonds. The quantitative estimate of drug-likeness (QED) is 0.737. The van der Waals surface area contributed by atoms with Gasteiger partial charge in [0.1, 0.15) is 0 Å². The van der Waals surface area contributed by atoms with E-state index in [4.69, 9.17) is 5.11 Å². The number of aliphatic carboxylic acids is 1. The topological polar surface area (TPSA) is 69.6 Å². The van der Waals surface area contributed by atoms with Crippen molar-refractivity contribution in [1.82, 2.24) is 10.2 Å². The van der Waals surface area contributed by atoms with E-state index in [-0.39, 0.29) is 12.3 Å². The largest absolute Gasteiger partial charge is 0.481 e. The standard InChI is InChI=1S/C13H22N2O3/c16-12(8-10-2-1-6-14-9-10)15(11-3-4-11)7-5-13(17)18/h10-11,14H,1-9H2,(H,17,18). The second kappa shape index (κ2) is 6.18. The number of carbonyl (C=O) groups is 2. The van der Waals surface area contributed by atoms with Gasteiger partial charge in [-0.25, -0.2) is 0 Å². The molecule has 0 aromatic rings. The van der Waals surface area contributed by atoms with Gasteiger partial charge in [0.15, 0.2) is 0 Å². The molecular weight excluding hydrogens is 232 g/mol. The summed E-state index contributed by atoms with van der Waals surface area (Å²) in [7, 11) is 0. The van der Waals surface area contributed by atoms with E-state index in [2.05, 4.69) is 5.32 Å². The minimum atomic E-state index is -0.826. The number of amides is 1. The summed E-state index contributed by atoms with van der Waals surface area (Å²) in [4.78, 5) is 24.6. The van der Waals surface area contributed by atoms with Gasteiger partial charge in [-0.2, -0.15) is 0 Å². The highest BCUT2D eigenvalue weighted by atomic mass is 16.4. The van der Waals surface area contributed by atoms with E-state index in [1.165, 1.54) is 0 Å². The fourth-order valence-corrected chi connectivity index (χ4v) is 2.58. The molecule has 0 aromatic heterocycles. The van der Waals surface area contributed by atoms with E-state index in [1.807, 2.05) is 0 Å². The molecule has 1 unspecified atom stereocenters. The first-order valence-electron chi connectivity index (χ1n) is 6.89. The summed E-state index contributed by atoms with van der Waals surface area (Å²) in [6.07, 6.45) is 4.95. The summed E-state index contributed by atoms with van der Waals surface area (Å²) in [5, 5.41) is 12.0. The lowest BCUT2D eigenvalue weighted by Crippen LogP contribution is -2.38. The maximum absolute atomic E-state index is 12.2. The van der Waals surface area contributed by atoms with E-state index < -0.39 is 5.97 Å². The van der Waals surface area contributed by atoms with Crippen molar-refractivity contribution in [3.63, 3.8) is 0 Å². The van der Waals surface area contributed by atoms with Crippen LogP contribution in [-0.4, -0.2) is 47.6 Å². The van der Waals surface area contributed by atoms with E-state index in [1.54, 1.807) is 4.90 Å². The molecule has 2 fully saturated rings. The second-order valence-electron chi connectivity index (χ2n) is 5.38. The molecule has 1 saturated heterocycles. The van der Waals surface area contributed by atoms with Crippen LogP contribution < -0.4 is 5.32 Å². The molecule has 18 heavy (non-hydrogen) atoms. The van der Waals surface area contributed by atoms with Gasteiger partial charge in [-0.15, -0.1) is 0 Å². The van der Waals surface area contributed by atoms with Crippen LogP contribution in [0.5, 0.6) is 0 Å². The first kappa shape index (κ1) is 13.3. The predicted molar refractivity (Wildman–Crippen MR) is 67.2 cm³/mol. The highest BCUT2D eigenvalue weighted by Crippen LogP contribution is 2.28. The Bertz CT molecular complexity index is 309. The Kier molecular flexibility index (Phi) is 4.58. The van der Waals surface area contributed by atoms with Crippen LogP contribution in [0.25, 0.3) is 0 Å². The zero-order valence-electron chi connectivity index (χ0n) is 10.7. The molecule has 5 nitrogen and oxygen atoms in total. The fraction of sp³-hybridized carbons (Fsp3) is 0.846. The van der Waals surface area contributed by atoms with Gasteiger partial charge in [0, 0.05) is 19.0 Å². The number of hydrogen-bond donors (Lipinski definition) is 2. The van der Waals surface area contributed by atoms with Crippen LogP contribution in [0.15, 0.2) is 0 Å². The minimum Gasteiger partial charge on any atom is -0.481 e. The molecule has 5 heteroatoms. The van der Waals surface area contributed by atoms with Crippen molar-refractivity contribution in [3.05, 3.63) is 0 Å². The van der Waals surface area contributed by atoms with E-state index in [0.29, 0.717) is 24.9 Å². The molecule has 2 N–H and O–H groups in total. The van der Waals surface area contributed by atoms with Crippen LogP contribution in [0.3, 0.4) is 0 Å². The van der Waals surface area contributed by atoms with Gasteiger partial charge in [0.25, 0.3) is 0 Å². The van der Waals surface area contributed by atoms with Gasteiger partial charge in [0.05, 0.1) is 6.42 Å². The number of carboxylic acid groups (broad SMARTS) is 1. The molecule has 2 rings (SSSR count). The van der Waals surface area contributed by atoms with Crippen molar-refractivity contribution in [2.75, 3.05) is 19.6 Å². The Morgan fingerprint density at radius 1 is 1.28 bits per heavy atom. The third-order valence-corrected chi connectivity index (χ3v) is 3.74. The second-order valence-corrected chi connectivity index (χ2v) is 5.38. The zero-order chi connectivity index (χ0) is 13.0. The molecule has 0 radical (unpaired) electrons. The number of carboxylic acids is 1. The highest BCUT2D eigenvalue weighted by Gasteiger charge is 2.33. The van der Waals surface area contributed by atoms with Crippen molar-refractivity contribution in [2.45, 2.75) is 44.6 Å². The molecule has 1 saturated carbocycles. The van der Waals surface area contributed by atoms with Crippen molar-refractivity contribution in [1.29, 1.82) is 0 Å². The summed E-state index contributed by atoms with van der Waals surface area (Å²) in [6.45, 7) is 2.35. The maximum atomic E-state index is 12.2. The van der Waals surface area contributed by atoms with Gasteiger partial charge < -0.3 is 15.3 Å². The molecule has 102 valence electrons. The molecule has 0 aromatic carbocycles. The normalized spacial score (nSPS) is 23.7. The molecule has 0 spiro atoms. The molecule has 1 aliphatic carbocycles. The predicted octanol–water partition coefficient (Wildman–Crippen LogP) is 0.842. The van der Waals surface area contributed by atoms with Crippen molar-refractivity contribution < 1.29 is 14.7 Å². The summed E-state index contributed by atoms with van der Waals surface area (Å²) >= 11 is 0. The molecular formula is C13H22N2O3. The number of hydrogen-bond acceptors (Lipinski definition) is 3. The van der Waals surface area contributed by atoms with E-state index >= 15 is 0 Å². The third-order valence-electron chi connectivity index (χ3n) is 3.74. The fourth-order valence-electron chi connectivity index (χ4n) is 2.58. The van der Waals surface area contributed by atoms with Crippen LogP contribution in [-0.2, 0) is 9.59 Å². The monoisotopic (exact) mass is 254 g/mol. The smallest absolute Gasteiger partial charge is 0.305 e. The number of piperidine rings is 1. The van der Waals surface area contributed by atoms with Crippen LogP contribution >= 0.6 is 0 Å². The maximum Gasteiger partial charge on any atom is 0.305 e. The first-order chi connectivity index (χ1) is 8.66. The Morgan fingerprint density at radius 2 is 2.06 bits per heavy atom. The third kappa shape index (κ3) is 3.98. The Labute approximate surface area is 108 Å².